The number of rotatable bonds is 0. The number of fused-ring (bicyclic) bond motifs is 1. The Balaban J connectivity index is 2.03. The van der Waals surface area contributed by atoms with E-state index in [1.165, 1.54) is 12.8 Å². The molecule has 4 aliphatic rings. The Morgan fingerprint density at radius 3 is 2.77 bits per heavy atom. The third kappa shape index (κ3) is 0.862. The molecule has 1 fully saturated rings. The fourth-order valence-corrected chi connectivity index (χ4v) is 3.05. The van der Waals surface area contributed by atoms with Gasteiger partial charge in [-0.1, -0.05) is 26.0 Å². The summed E-state index contributed by atoms with van der Waals surface area (Å²) in [5.41, 5.74) is 0.272. The van der Waals surface area contributed by atoms with Gasteiger partial charge >= 0.3 is 0 Å². The van der Waals surface area contributed by atoms with Gasteiger partial charge in [-0.05, 0) is 18.8 Å². The van der Waals surface area contributed by atoms with Gasteiger partial charge in [0, 0.05) is 11.6 Å². The van der Waals surface area contributed by atoms with Gasteiger partial charge in [0.25, 0.3) is 0 Å². The largest absolute Gasteiger partial charge is 0.286 e. The highest BCUT2D eigenvalue weighted by molar-refractivity contribution is 5.68. The summed E-state index contributed by atoms with van der Waals surface area (Å²) in [7, 11) is 0. The molecular formula is C11H16N2. The number of hydrazone groups is 1. The molecule has 0 spiro atoms. The molecule has 1 aliphatic carbocycles. The zero-order chi connectivity index (χ0) is 9.05. The van der Waals surface area contributed by atoms with Crippen LogP contribution in [0.15, 0.2) is 17.3 Å². The first kappa shape index (κ1) is 7.60. The lowest BCUT2D eigenvalue weighted by Crippen LogP contribution is -2.52. The normalized spacial score (nSPS) is 44.2. The van der Waals surface area contributed by atoms with E-state index < -0.39 is 0 Å². The van der Waals surface area contributed by atoms with Crippen LogP contribution in [0.5, 0.6) is 0 Å². The zero-order valence-corrected chi connectivity index (χ0v) is 8.27. The lowest BCUT2D eigenvalue weighted by molar-refractivity contribution is 0.0427. The zero-order valence-electron chi connectivity index (χ0n) is 8.27. The second-order valence-electron chi connectivity index (χ2n) is 5.08. The molecular weight excluding hydrogens is 160 g/mol. The first-order chi connectivity index (χ1) is 6.18. The minimum absolute atomic E-state index is 0.272. The highest BCUT2D eigenvalue weighted by atomic mass is 15.5. The first-order valence-electron chi connectivity index (χ1n) is 5.20. The van der Waals surface area contributed by atoms with Crippen LogP contribution < -0.4 is 0 Å². The summed E-state index contributed by atoms with van der Waals surface area (Å²) >= 11 is 0. The van der Waals surface area contributed by atoms with E-state index in [0.717, 1.165) is 5.92 Å². The van der Waals surface area contributed by atoms with Gasteiger partial charge in [-0.15, -0.1) is 0 Å². The lowest BCUT2D eigenvalue weighted by atomic mass is 9.71. The molecule has 3 atom stereocenters. The minimum Gasteiger partial charge on any atom is -0.286 e. The number of hydrogen-bond acceptors (Lipinski definition) is 2. The van der Waals surface area contributed by atoms with Gasteiger partial charge in [-0.25, -0.2) is 0 Å². The summed E-state index contributed by atoms with van der Waals surface area (Å²) in [6, 6.07) is 1.23. The summed E-state index contributed by atoms with van der Waals surface area (Å²) in [5.74, 6) is 0.738. The molecule has 2 unspecified atom stereocenters. The van der Waals surface area contributed by atoms with Gasteiger partial charge in [-0.3, -0.25) is 5.01 Å². The number of nitrogens with zero attached hydrogens (tertiary/aromatic N) is 2. The highest BCUT2D eigenvalue weighted by Crippen LogP contribution is 2.45. The Kier molecular flexibility index (Phi) is 1.27. The van der Waals surface area contributed by atoms with Gasteiger partial charge in [-0.2, -0.15) is 5.10 Å². The van der Waals surface area contributed by atoms with Gasteiger partial charge in [0.15, 0.2) is 0 Å². The van der Waals surface area contributed by atoms with Crippen molar-refractivity contribution < 1.29 is 0 Å². The monoisotopic (exact) mass is 176 g/mol. The van der Waals surface area contributed by atoms with Gasteiger partial charge < -0.3 is 0 Å². The number of hydrogen-bond donors (Lipinski definition) is 0. The van der Waals surface area contributed by atoms with Crippen molar-refractivity contribution in [3.8, 4) is 0 Å². The molecule has 13 heavy (non-hydrogen) atoms. The van der Waals surface area contributed by atoms with Crippen LogP contribution in [0.1, 0.15) is 26.7 Å². The highest BCUT2D eigenvalue weighted by Gasteiger charge is 2.48. The average Bonchev–Trinajstić information content (AvgIpc) is 2.47. The molecule has 0 amide bonds. The lowest BCUT2D eigenvalue weighted by Gasteiger charge is -2.47. The maximum atomic E-state index is 4.55. The van der Waals surface area contributed by atoms with E-state index in [0.29, 0.717) is 12.1 Å². The average molecular weight is 176 g/mol. The van der Waals surface area contributed by atoms with Crippen LogP contribution in [0.3, 0.4) is 0 Å². The van der Waals surface area contributed by atoms with Crippen LogP contribution in [0.25, 0.3) is 0 Å². The van der Waals surface area contributed by atoms with Crippen LogP contribution in [-0.4, -0.2) is 23.3 Å². The third-order valence-corrected chi connectivity index (χ3v) is 3.69. The smallest absolute Gasteiger partial charge is 0.0654 e. The van der Waals surface area contributed by atoms with Crippen molar-refractivity contribution in [3.63, 3.8) is 0 Å². The Morgan fingerprint density at radius 2 is 2.15 bits per heavy atom. The molecule has 4 rings (SSSR count). The van der Waals surface area contributed by atoms with Gasteiger partial charge in [0.1, 0.15) is 0 Å². The standard InChI is InChI=1S/C11H16N2/c1-11(2)7-12-13-9-5-3-8(4-6-9)10(11)13/h3,5,7-10H,4,6H2,1-2H3/t8?,9?,10-/m0/s1. The number of piperidine rings is 1. The molecule has 0 aromatic carbocycles. The van der Waals surface area contributed by atoms with Crippen molar-refractivity contribution in [1.29, 1.82) is 0 Å². The van der Waals surface area contributed by atoms with Crippen molar-refractivity contribution in [1.82, 2.24) is 5.01 Å². The van der Waals surface area contributed by atoms with Crippen molar-refractivity contribution in [2.24, 2.45) is 16.4 Å². The molecule has 2 nitrogen and oxygen atoms in total. The van der Waals surface area contributed by atoms with Crippen molar-refractivity contribution in [2.45, 2.75) is 38.8 Å². The third-order valence-electron chi connectivity index (χ3n) is 3.69. The van der Waals surface area contributed by atoms with Crippen LogP contribution >= 0.6 is 0 Å². The topological polar surface area (TPSA) is 15.6 Å². The second kappa shape index (κ2) is 2.17. The molecule has 2 bridgehead atoms. The van der Waals surface area contributed by atoms with E-state index in [4.69, 9.17) is 0 Å². The van der Waals surface area contributed by atoms with Crippen LogP contribution in [-0.2, 0) is 0 Å². The molecule has 0 saturated carbocycles. The fraction of sp³-hybridized carbons (Fsp3) is 0.727. The molecule has 1 saturated heterocycles. The van der Waals surface area contributed by atoms with Crippen LogP contribution in [0.4, 0.5) is 0 Å². The molecule has 0 aromatic rings. The van der Waals surface area contributed by atoms with E-state index in [2.05, 4.69) is 42.3 Å². The van der Waals surface area contributed by atoms with Crippen molar-refractivity contribution in [2.75, 3.05) is 0 Å². The Morgan fingerprint density at radius 1 is 1.31 bits per heavy atom. The Hall–Kier alpha value is -0.790. The predicted octanol–water partition coefficient (Wildman–Crippen LogP) is 2.03. The first-order valence-corrected chi connectivity index (χ1v) is 5.20. The molecule has 0 radical (unpaired) electrons. The molecule has 3 aliphatic heterocycles. The minimum atomic E-state index is 0.272. The Bertz CT molecular complexity index is 290. The molecule has 70 valence electrons. The van der Waals surface area contributed by atoms with E-state index in [9.17, 15) is 0 Å². The summed E-state index contributed by atoms with van der Waals surface area (Å²) in [6.45, 7) is 4.60. The van der Waals surface area contributed by atoms with E-state index in [1.54, 1.807) is 0 Å². The molecule has 0 N–H and O–H groups in total. The van der Waals surface area contributed by atoms with E-state index >= 15 is 0 Å². The predicted molar refractivity (Wildman–Crippen MR) is 53.6 cm³/mol. The quantitative estimate of drug-likeness (QED) is 0.516. The molecule has 3 heterocycles. The Labute approximate surface area is 79.3 Å². The molecule has 2 heteroatoms. The van der Waals surface area contributed by atoms with Crippen molar-refractivity contribution in [3.05, 3.63) is 12.2 Å². The summed E-state index contributed by atoms with van der Waals surface area (Å²) in [4.78, 5) is 0. The van der Waals surface area contributed by atoms with Crippen molar-refractivity contribution >= 4 is 6.21 Å². The van der Waals surface area contributed by atoms with Gasteiger partial charge in [0.2, 0.25) is 0 Å². The summed E-state index contributed by atoms with van der Waals surface area (Å²) in [6.07, 6.45) is 9.53. The van der Waals surface area contributed by atoms with Crippen LogP contribution in [0, 0.1) is 11.3 Å². The van der Waals surface area contributed by atoms with E-state index in [1.807, 2.05) is 0 Å². The maximum absolute atomic E-state index is 4.55. The summed E-state index contributed by atoms with van der Waals surface area (Å²) < 4.78 is 0. The maximum Gasteiger partial charge on any atom is 0.0654 e. The fourth-order valence-electron chi connectivity index (χ4n) is 3.05. The van der Waals surface area contributed by atoms with Crippen LogP contribution in [0.2, 0.25) is 0 Å². The van der Waals surface area contributed by atoms with E-state index in [-0.39, 0.29) is 5.41 Å². The van der Waals surface area contributed by atoms with Gasteiger partial charge in [0.05, 0.1) is 12.1 Å². The second-order valence-corrected chi connectivity index (χ2v) is 5.08. The summed E-state index contributed by atoms with van der Waals surface area (Å²) in [5, 5.41) is 6.88. The molecule has 0 aromatic heterocycles. The SMILES string of the molecule is CC1(C)C=NN2C3C=CC(CC3)[C@H]21.